The van der Waals surface area contributed by atoms with E-state index in [-0.39, 0.29) is 6.04 Å². The van der Waals surface area contributed by atoms with E-state index in [0.29, 0.717) is 0 Å². The first-order valence-corrected chi connectivity index (χ1v) is 7.98. The quantitative estimate of drug-likeness (QED) is 0.807. The van der Waals surface area contributed by atoms with Gasteiger partial charge in [0.25, 0.3) is 0 Å². The molecule has 0 radical (unpaired) electrons. The summed E-state index contributed by atoms with van der Waals surface area (Å²) in [7, 11) is 1.72. The first kappa shape index (κ1) is 15.7. The molecule has 106 valence electrons. The molecule has 2 aromatic carbocycles. The standard InChI is InChI=1S/C16H17Br2NO/c1-20-7-6-11-2-4-12(5-3-11)16(19)13-8-14(17)10-15(18)9-13/h2-5,8-10,16H,6-7,19H2,1H3. The van der Waals surface area contributed by atoms with Gasteiger partial charge in [0.2, 0.25) is 0 Å². The molecule has 0 aliphatic carbocycles. The lowest BCUT2D eigenvalue weighted by Gasteiger charge is -2.14. The van der Waals surface area contributed by atoms with E-state index in [1.54, 1.807) is 7.11 Å². The van der Waals surface area contributed by atoms with Crippen LogP contribution in [0.2, 0.25) is 0 Å². The highest BCUT2D eigenvalue weighted by Crippen LogP contribution is 2.27. The summed E-state index contributed by atoms with van der Waals surface area (Å²) in [6, 6.07) is 14.4. The summed E-state index contributed by atoms with van der Waals surface area (Å²) in [6.07, 6.45) is 0.925. The molecule has 0 bridgehead atoms. The second kappa shape index (κ2) is 7.36. The monoisotopic (exact) mass is 397 g/mol. The number of ether oxygens (including phenoxy) is 1. The van der Waals surface area contributed by atoms with Crippen LogP contribution < -0.4 is 5.73 Å². The van der Waals surface area contributed by atoms with Crippen molar-refractivity contribution in [2.24, 2.45) is 5.73 Å². The first-order chi connectivity index (χ1) is 9.60. The Balaban J connectivity index is 2.17. The predicted octanol–water partition coefficient (Wildman–Crippen LogP) is 4.45. The number of rotatable bonds is 5. The van der Waals surface area contributed by atoms with Gasteiger partial charge in [0.15, 0.2) is 0 Å². The third-order valence-electron chi connectivity index (χ3n) is 3.18. The SMILES string of the molecule is COCCc1ccc(C(N)c2cc(Br)cc(Br)c2)cc1. The van der Waals surface area contributed by atoms with Gasteiger partial charge in [-0.2, -0.15) is 0 Å². The Labute approximate surface area is 136 Å². The lowest BCUT2D eigenvalue weighted by molar-refractivity contribution is 0.202. The van der Waals surface area contributed by atoms with Crippen molar-refractivity contribution in [1.29, 1.82) is 0 Å². The number of nitrogens with two attached hydrogens (primary N) is 1. The first-order valence-electron chi connectivity index (χ1n) is 6.39. The minimum atomic E-state index is -0.125. The summed E-state index contributed by atoms with van der Waals surface area (Å²) in [6.45, 7) is 0.740. The maximum Gasteiger partial charge on any atom is 0.0552 e. The minimum Gasteiger partial charge on any atom is -0.384 e. The van der Waals surface area contributed by atoms with Crippen molar-refractivity contribution < 1.29 is 4.74 Å². The van der Waals surface area contributed by atoms with Gasteiger partial charge in [0.1, 0.15) is 0 Å². The second-order valence-electron chi connectivity index (χ2n) is 4.66. The van der Waals surface area contributed by atoms with Crippen LogP contribution in [0.1, 0.15) is 22.7 Å². The Bertz CT molecular complexity index is 549. The third-order valence-corrected chi connectivity index (χ3v) is 4.09. The van der Waals surface area contributed by atoms with Crippen LogP contribution in [0, 0.1) is 0 Å². The van der Waals surface area contributed by atoms with E-state index in [0.717, 1.165) is 33.1 Å². The molecule has 0 aromatic heterocycles. The largest absolute Gasteiger partial charge is 0.384 e. The minimum absolute atomic E-state index is 0.125. The van der Waals surface area contributed by atoms with Crippen LogP contribution in [0.25, 0.3) is 0 Å². The van der Waals surface area contributed by atoms with Gasteiger partial charge in [-0.25, -0.2) is 0 Å². The highest BCUT2D eigenvalue weighted by atomic mass is 79.9. The van der Waals surface area contributed by atoms with Gasteiger partial charge in [-0.1, -0.05) is 56.1 Å². The van der Waals surface area contributed by atoms with Gasteiger partial charge in [-0.05, 0) is 41.3 Å². The fraction of sp³-hybridized carbons (Fsp3) is 0.250. The van der Waals surface area contributed by atoms with Crippen molar-refractivity contribution in [3.63, 3.8) is 0 Å². The van der Waals surface area contributed by atoms with E-state index >= 15 is 0 Å². The van der Waals surface area contributed by atoms with Crippen molar-refractivity contribution in [2.75, 3.05) is 13.7 Å². The molecule has 0 aliphatic heterocycles. The molecule has 0 saturated heterocycles. The maximum atomic E-state index is 6.34. The fourth-order valence-corrected chi connectivity index (χ4v) is 3.39. The van der Waals surface area contributed by atoms with Crippen LogP contribution in [0.15, 0.2) is 51.4 Å². The van der Waals surface area contributed by atoms with Gasteiger partial charge >= 0.3 is 0 Å². The van der Waals surface area contributed by atoms with Crippen molar-refractivity contribution in [1.82, 2.24) is 0 Å². The summed E-state index contributed by atoms with van der Waals surface area (Å²) in [4.78, 5) is 0. The van der Waals surface area contributed by atoms with Crippen molar-refractivity contribution in [3.05, 3.63) is 68.1 Å². The Morgan fingerprint density at radius 1 is 1.00 bits per heavy atom. The summed E-state index contributed by atoms with van der Waals surface area (Å²) < 4.78 is 7.13. The van der Waals surface area contributed by atoms with Crippen LogP contribution in [0.3, 0.4) is 0 Å². The van der Waals surface area contributed by atoms with Crippen LogP contribution >= 0.6 is 31.9 Å². The fourth-order valence-electron chi connectivity index (χ4n) is 2.06. The summed E-state index contributed by atoms with van der Waals surface area (Å²) in [5.74, 6) is 0. The lowest BCUT2D eigenvalue weighted by Crippen LogP contribution is -2.12. The Kier molecular flexibility index (Phi) is 5.78. The average molecular weight is 399 g/mol. The number of hydrogen-bond donors (Lipinski definition) is 1. The molecule has 1 atom stereocenters. The maximum absolute atomic E-state index is 6.34. The van der Waals surface area contributed by atoms with E-state index < -0.39 is 0 Å². The molecule has 1 unspecified atom stereocenters. The van der Waals surface area contributed by atoms with E-state index in [4.69, 9.17) is 10.5 Å². The predicted molar refractivity (Wildman–Crippen MR) is 89.9 cm³/mol. The molecular formula is C16H17Br2NO. The Morgan fingerprint density at radius 2 is 1.60 bits per heavy atom. The molecule has 0 spiro atoms. The van der Waals surface area contributed by atoms with Crippen molar-refractivity contribution in [3.8, 4) is 0 Å². The zero-order chi connectivity index (χ0) is 14.5. The highest BCUT2D eigenvalue weighted by molar-refractivity contribution is 9.11. The van der Waals surface area contributed by atoms with Gasteiger partial charge < -0.3 is 10.5 Å². The summed E-state index contributed by atoms with van der Waals surface area (Å²) in [5, 5.41) is 0. The second-order valence-corrected chi connectivity index (χ2v) is 6.50. The van der Waals surface area contributed by atoms with E-state index in [9.17, 15) is 0 Å². The molecule has 2 nitrogen and oxygen atoms in total. The number of methoxy groups -OCH3 is 1. The number of hydrogen-bond acceptors (Lipinski definition) is 2. The molecular weight excluding hydrogens is 382 g/mol. The van der Waals surface area contributed by atoms with Crippen LogP contribution in [0.4, 0.5) is 0 Å². The Morgan fingerprint density at radius 3 is 2.15 bits per heavy atom. The molecule has 2 rings (SSSR count). The molecule has 0 amide bonds. The highest BCUT2D eigenvalue weighted by Gasteiger charge is 2.10. The number of benzene rings is 2. The topological polar surface area (TPSA) is 35.2 Å². The molecule has 4 heteroatoms. The smallest absolute Gasteiger partial charge is 0.0552 e. The summed E-state index contributed by atoms with van der Waals surface area (Å²) in [5.41, 5.74) is 9.79. The Hall–Kier alpha value is -0.680. The lowest BCUT2D eigenvalue weighted by atomic mass is 9.98. The van der Waals surface area contributed by atoms with Crippen molar-refractivity contribution in [2.45, 2.75) is 12.5 Å². The van der Waals surface area contributed by atoms with Crippen LogP contribution in [-0.4, -0.2) is 13.7 Å². The number of halogens is 2. The molecule has 0 fully saturated rings. The van der Waals surface area contributed by atoms with E-state index in [1.165, 1.54) is 5.56 Å². The van der Waals surface area contributed by atoms with Gasteiger partial charge in [0, 0.05) is 16.1 Å². The zero-order valence-electron chi connectivity index (χ0n) is 11.3. The van der Waals surface area contributed by atoms with Crippen LogP contribution in [-0.2, 0) is 11.2 Å². The third kappa shape index (κ3) is 4.16. The average Bonchev–Trinajstić information content (AvgIpc) is 2.44. The van der Waals surface area contributed by atoms with Gasteiger partial charge in [-0.15, -0.1) is 0 Å². The molecule has 0 aliphatic rings. The molecule has 2 aromatic rings. The van der Waals surface area contributed by atoms with E-state index in [2.05, 4.69) is 56.1 Å². The molecule has 20 heavy (non-hydrogen) atoms. The molecule has 0 saturated carbocycles. The van der Waals surface area contributed by atoms with Gasteiger partial charge in [-0.3, -0.25) is 0 Å². The van der Waals surface area contributed by atoms with E-state index in [1.807, 2.05) is 18.2 Å². The van der Waals surface area contributed by atoms with Gasteiger partial charge in [0.05, 0.1) is 12.6 Å². The molecule has 2 N–H and O–H groups in total. The normalized spacial score (nSPS) is 12.4. The summed E-state index contributed by atoms with van der Waals surface area (Å²) >= 11 is 6.99. The zero-order valence-corrected chi connectivity index (χ0v) is 14.4. The molecule has 0 heterocycles. The van der Waals surface area contributed by atoms with Crippen LogP contribution in [0.5, 0.6) is 0 Å². The van der Waals surface area contributed by atoms with Crippen molar-refractivity contribution >= 4 is 31.9 Å².